The van der Waals surface area contributed by atoms with Crippen molar-refractivity contribution >= 4 is 31.9 Å². The Bertz CT molecular complexity index is 508. The summed E-state index contributed by atoms with van der Waals surface area (Å²) >= 11 is 0. The number of aromatic nitrogens is 1. The second kappa shape index (κ2) is 3.80. The van der Waals surface area contributed by atoms with E-state index in [1.807, 2.05) is 36.4 Å². The quantitative estimate of drug-likeness (QED) is 0.392. The third-order valence-corrected chi connectivity index (χ3v) is 2.43. The van der Waals surface area contributed by atoms with Gasteiger partial charge < -0.3 is 2.85 Å². The van der Waals surface area contributed by atoms with Crippen LogP contribution in [0.15, 0.2) is 54.6 Å². The Morgan fingerprint density at radius 3 is 1.73 bits per heavy atom. The summed E-state index contributed by atoms with van der Waals surface area (Å²) in [4.78, 5) is 4.58. The van der Waals surface area contributed by atoms with Crippen LogP contribution in [-0.4, -0.2) is 15.1 Å². The van der Waals surface area contributed by atoms with Gasteiger partial charge in [-0.2, -0.15) is 0 Å². The number of fused-ring (bicyclic) bond motifs is 2. The second-order valence-corrected chi connectivity index (χ2v) is 3.37. The van der Waals surface area contributed by atoms with Gasteiger partial charge in [0.05, 0.1) is 11.0 Å². The fraction of sp³-hybridized carbons (Fsp3) is 0. The number of hydrogen-bond donors (Lipinski definition) is 0. The minimum atomic E-state index is 0. The molecule has 2 aromatic carbocycles. The number of para-hydroxylation sites is 2. The van der Waals surface area contributed by atoms with E-state index in [2.05, 4.69) is 23.2 Å². The average Bonchev–Trinajstić information content (AvgIpc) is 2.26. The first-order valence-electron chi connectivity index (χ1n) is 4.68. The van der Waals surface area contributed by atoms with Gasteiger partial charge in [-0.3, -0.25) is 0 Å². The molecule has 0 amide bonds. The number of benzene rings is 2. The van der Waals surface area contributed by atoms with Crippen LogP contribution in [0.2, 0.25) is 0 Å². The first-order chi connectivity index (χ1) is 6.93. The summed E-state index contributed by atoms with van der Waals surface area (Å²) in [5, 5.41) is 2.40. The van der Waals surface area contributed by atoms with Crippen molar-refractivity contribution < 1.29 is 2.85 Å². The molecule has 0 unspecified atom stereocenters. The van der Waals surface area contributed by atoms with Gasteiger partial charge in [-0.15, -0.1) is 0 Å². The number of pyridine rings is 1. The Morgan fingerprint density at radius 2 is 1.20 bits per heavy atom. The molecule has 1 aromatic heterocycles. The predicted molar refractivity (Wildman–Crippen MR) is 67.2 cm³/mol. The van der Waals surface area contributed by atoms with E-state index in [1.165, 1.54) is 10.8 Å². The smallest absolute Gasteiger partial charge is 1.00 e. The molecule has 2 heteroatoms. The molecule has 0 saturated carbocycles. The normalized spacial score (nSPS) is 10.1. The molecule has 3 rings (SSSR count). The molecular weight excluding hydrogens is 179 g/mol. The molecule has 0 saturated heterocycles. The van der Waals surface area contributed by atoms with Crippen molar-refractivity contribution in [1.82, 2.24) is 4.98 Å². The molecule has 70 valence electrons. The van der Waals surface area contributed by atoms with E-state index in [9.17, 15) is 0 Å². The molecule has 0 bridgehead atoms. The van der Waals surface area contributed by atoms with Gasteiger partial charge in [-0.1, -0.05) is 36.4 Å². The van der Waals surface area contributed by atoms with Crippen LogP contribution < -0.4 is 0 Å². The van der Waals surface area contributed by atoms with Gasteiger partial charge in [0, 0.05) is 10.8 Å². The van der Waals surface area contributed by atoms with E-state index in [1.54, 1.807) is 0 Å². The molecule has 0 aliphatic rings. The van der Waals surface area contributed by atoms with Crippen LogP contribution in [0, 0.1) is 0 Å². The number of rotatable bonds is 0. The van der Waals surface area contributed by atoms with Crippen molar-refractivity contribution in [2.75, 3.05) is 0 Å². The van der Waals surface area contributed by atoms with E-state index >= 15 is 0 Å². The molecule has 0 fully saturated rings. The Balaban J connectivity index is 0.000000853. The number of hydrogen-bond acceptors (Lipinski definition) is 1. The van der Waals surface area contributed by atoms with Gasteiger partial charge >= 0.3 is 10.1 Å². The maximum absolute atomic E-state index is 4.58. The zero-order valence-corrected chi connectivity index (χ0v) is 8.35. The van der Waals surface area contributed by atoms with E-state index in [4.69, 9.17) is 0 Å². The van der Waals surface area contributed by atoms with Gasteiger partial charge in [-0.05, 0) is 18.2 Å². The van der Waals surface area contributed by atoms with Gasteiger partial charge in [0.2, 0.25) is 0 Å². The SMILES string of the molecule is [Be+2].[H-].[H-].c1ccc2nc3ccccc3cc2c1. The van der Waals surface area contributed by atoms with Crippen LogP contribution in [0.5, 0.6) is 0 Å². The average molecular weight is 190 g/mol. The summed E-state index contributed by atoms with van der Waals surface area (Å²) in [6, 6.07) is 18.6. The van der Waals surface area contributed by atoms with Crippen molar-refractivity contribution in [2.45, 2.75) is 0 Å². The maximum Gasteiger partial charge on any atom is 2.00 e. The van der Waals surface area contributed by atoms with Crippen LogP contribution in [-0.2, 0) is 0 Å². The second-order valence-electron chi connectivity index (χ2n) is 3.37. The zero-order chi connectivity index (χ0) is 9.38. The van der Waals surface area contributed by atoms with Gasteiger partial charge in [-0.25, -0.2) is 4.98 Å². The predicted octanol–water partition coefficient (Wildman–Crippen LogP) is 3.23. The molecule has 0 N–H and O–H groups in total. The monoisotopic (exact) mass is 190 g/mol. The fourth-order valence-corrected chi connectivity index (χ4v) is 1.72. The molecule has 15 heavy (non-hydrogen) atoms. The van der Waals surface area contributed by atoms with Crippen LogP contribution in [0.3, 0.4) is 0 Å². The summed E-state index contributed by atoms with van der Waals surface area (Å²) in [7, 11) is 0. The van der Waals surface area contributed by atoms with E-state index in [0.717, 1.165) is 11.0 Å². The first kappa shape index (κ1) is 9.82. The molecule has 0 aliphatic carbocycles. The van der Waals surface area contributed by atoms with Crippen LogP contribution in [0.1, 0.15) is 2.85 Å². The molecule has 1 nitrogen and oxygen atoms in total. The summed E-state index contributed by atoms with van der Waals surface area (Å²) in [6.45, 7) is 0. The third kappa shape index (κ3) is 1.62. The van der Waals surface area contributed by atoms with Crippen LogP contribution in [0.4, 0.5) is 0 Å². The summed E-state index contributed by atoms with van der Waals surface area (Å²) in [6.07, 6.45) is 0. The Kier molecular flexibility index (Phi) is 2.49. The largest absolute Gasteiger partial charge is 2.00 e. The molecule has 3 aromatic rings. The third-order valence-electron chi connectivity index (χ3n) is 2.43. The zero-order valence-electron chi connectivity index (χ0n) is 10.4. The van der Waals surface area contributed by atoms with Crippen LogP contribution in [0.25, 0.3) is 21.8 Å². The topological polar surface area (TPSA) is 12.9 Å². The minimum Gasteiger partial charge on any atom is -1.00 e. The van der Waals surface area contributed by atoms with Crippen molar-refractivity contribution in [2.24, 2.45) is 0 Å². The van der Waals surface area contributed by atoms with Crippen LogP contribution >= 0.6 is 0 Å². The minimum absolute atomic E-state index is 0. The summed E-state index contributed by atoms with van der Waals surface area (Å²) in [5.41, 5.74) is 2.12. The number of nitrogens with zero attached hydrogens (tertiary/aromatic N) is 1. The fourth-order valence-electron chi connectivity index (χ4n) is 1.72. The molecule has 0 atom stereocenters. The maximum atomic E-state index is 4.58. The molecule has 0 radical (unpaired) electrons. The Hall–Kier alpha value is -1.72. The molecule has 0 spiro atoms. The van der Waals surface area contributed by atoms with E-state index in [-0.39, 0.29) is 13.0 Å². The first-order valence-corrected chi connectivity index (χ1v) is 4.68. The molecule has 1 heterocycles. The van der Waals surface area contributed by atoms with Gasteiger partial charge in [0.15, 0.2) is 0 Å². The Labute approximate surface area is 94.9 Å². The van der Waals surface area contributed by atoms with E-state index < -0.39 is 0 Å². The Morgan fingerprint density at radius 1 is 0.733 bits per heavy atom. The van der Waals surface area contributed by atoms with Crippen molar-refractivity contribution in [3.8, 4) is 0 Å². The molecular formula is C13H11BeN. The van der Waals surface area contributed by atoms with Gasteiger partial charge in [0.1, 0.15) is 0 Å². The van der Waals surface area contributed by atoms with Gasteiger partial charge in [0.25, 0.3) is 0 Å². The van der Waals surface area contributed by atoms with E-state index in [0.29, 0.717) is 0 Å². The molecule has 0 aliphatic heterocycles. The van der Waals surface area contributed by atoms with Crippen molar-refractivity contribution in [3.63, 3.8) is 0 Å². The van der Waals surface area contributed by atoms with Crippen molar-refractivity contribution in [3.05, 3.63) is 54.6 Å². The van der Waals surface area contributed by atoms with Crippen molar-refractivity contribution in [1.29, 1.82) is 0 Å². The summed E-state index contributed by atoms with van der Waals surface area (Å²) < 4.78 is 0. The summed E-state index contributed by atoms with van der Waals surface area (Å²) in [5.74, 6) is 0. The standard InChI is InChI=1S/C13H9N.Be.2H/c1-3-7-12-10(5-1)9-11-6-2-4-8-13(11)14-12;;;/h1-9H;;;/q;+2;2*-1.